The van der Waals surface area contributed by atoms with E-state index in [2.05, 4.69) is 58.6 Å². The first-order valence-corrected chi connectivity index (χ1v) is 8.55. The van der Waals surface area contributed by atoms with E-state index in [-0.39, 0.29) is 0 Å². The maximum atomic E-state index is 5.40. The quantitative estimate of drug-likeness (QED) is 0.624. The fraction of sp³-hybridized carbons (Fsp3) is 0.611. The molecule has 5 nitrogen and oxygen atoms in total. The van der Waals surface area contributed by atoms with E-state index in [0.717, 1.165) is 51.8 Å². The van der Waals surface area contributed by atoms with Gasteiger partial charge in [-0.1, -0.05) is 26.0 Å². The van der Waals surface area contributed by atoms with Gasteiger partial charge in [-0.3, -0.25) is 4.99 Å². The summed E-state index contributed by atoms with van der Waals surface area (Å²) < 4.78 is 5.40. The summed E-state index contributed by atoms with van der Waals surface area (Å²) in [7, 11) is 1.81. The first-order chi connectivity index (χ1) is 11.2. The van der Waals surface area contributed by atoms with Crippen LogP contribution in [0.1, 0.15) is 25.8 Å². The SMILES string of the molecule is CN=C(NCCC(C)C)NCc1ccc(N2CCOCC2)cc1. The number of benzene rings is 1. The number of hydrogen-bond acceptors (Lipinski definition) is 3. The van der Waals surface area contributed by atoms with Crippen LogP contribution in [0, 0.1) is 5.92 Å². The molecule has 1 heterocycles. The third-order valence-electron chi connectivity index (χ3n) is 4.01. The third-order valence-corrected chi connectivity index (χ3v) is 4.01. The molecule has 23 heavy (non-hydrogen) atoms. The first kappa shape index (κ1) is 17.6. The monoisotopic (exact) mass is 318 g/mol. The topological polar surface area (TPSA) is 48.9 Å². The lowest BCUT2D eigenvalue weighted by molar-refractivity contribution is 0.122. The fourth-order valence-electron chi connectivity index (χ4n) is 2.53. The Morgan fingerprint density at radius 3 is 2.48 bits per heavy atom. The lowest BCUT2D eigenvalue weighted by Crippen LogP contribution is -2.37. The van der Waals surface area contributed by atoms with E-state index in [1.807, 2.05) is 7.05 Å². The summed E-state index contributed by atoms with van der Waals surface area (Å²) in [5.41, 5.74) is 2.53. The maximum absolute atomic E-state index is 5.40. The molecule has 0 radical (unpaired) electrons. The van der Waals surface area contributed by atoms with E-state index in [9.17, 15) is 0 Å². The largest absolute Gasteiger partial charge is 0.378 e. The number of guanidine groups is 1. The zero-order valence-electron chi connectivity index (χ0n) is 14.6. The highest BCUT2D eigenvalue weighted by molar-refractivity contribution is 5.79. The Balaban J connectivity index is 1.78. The van der Waals surface area contributed by atoms with Crippen LogP contribution in [-0.2, 0) is 11.3 Å². The van der Waals surface area contributed by atoms with Crippen molar-refractivity contribution >= 4 is 11.6 Å². The van der Waals surface area contributed by atoms with E-state index in [1.54, 1.807) is 0 Å². The molecule has 1 aliphatic rings. The molecule has 1 saturated heterocycles. The molecule has 2 N–H and O–H groups in total. The molecule has 128 valence electrons. The molecule has 5 heteroatoms. The molecule has 1 aliphatic heterocycles. The van der Waals surface area contributed by atoms with Crippen LogP contribution in [0.25, 0.3) is 0 Å². The highest BCUT2D eigenvalue weighted by Crippen LogP contribution is 2.16. The smallest absolute Gasteiger partial charge is 0.191 e. The van der Waals surface area contributed by atoms with Gasteiger partial charge in [0.05, 0.1) is 13.2 Å². The van der Waals surface area contributed by atoms with Crippen LogP contribution in [0.2, 0.25) is 0 Å². The van der Waals surface area contributed by atoms with Crippen LogP contribution in [0.5, 0.6) is 0 Å². The summed E-state index contributed by atoms with van der Waals surface area (Å²) >= 11 is 0. The van der Waals surface area contributed by atoms with Gasteiger partial charge < -0.3 is 20.3 Å². The Morgan fingerprint density at radius 1 is 1.17 bits per heavy atom. The van der Waals surface area contributed by atoms with Crippen LogP contribution in [0.3, 0.4) is 0 Å². The van der Waals surface area contributed by atoms with E-state index in [1.165, 1.54) is 11.3 Å². The zero-order valence-corrected chi connectivity index (χ0v) is 14.6. The molecular formula is C18H30N4O. The van der Waals surface area contributed by atoms with Crippen molar-refractivity contribution in [3.05, 3.63) is 29.8 Å². The summed E-state index contributed by atoms with van der Waals surface area (Å²) in [5, 5.41) is 6.71. The second-order valence-electron chi connectivity index (χ2n) is 6.30. The number of hydrogen-bond donors (Lipinski definition) is 2. The standard InChI is InChI=1S/C18H30N4O/c1-15(2)8-9-20-18(19-3)21-14-16-4-6-17(7-5-16)22-10-12-23-13-11-22/h4-7,15H,8-14H2,1-3H3,(H2,19,20,21). The highest BCUT2D eigenvalue weighted by Gasteiger charge is 2.10. The number of rotatable bonds is 6. The average molecular weight is 318 g/mol. The van der Waals surface area contributed by atoms with Crippen molar-refractivity contribution in [3.63, 3.8) is 0 Å². The van der Waals surface area contributed by atoms with Gasteiger partial charge in [-0.25, -0.2) is 0 Å². The Bertz CT molecular complexity index is 478. The highest BCUT2D eigenvalue weighted by atomic mass is 16.5. The molecular weight excluding hydrogens is 288 g/mol. The van der Waals surface area contributed by atoms with E-state index < -0.39 is 0 Å². The van der Waals surface area contributed by atoms with E-state index in [0.29, 0.717) is 5.92 Å². The number of morpholine rings is 1. The molecule has 0 saturated carbocycles. The summed E-state index contributed by atoms with van der Waals surface area (Å²) in [6.07, 6.45) is 1.15. The summed E-state index contributed by atoms with van der Waals surface area (Å²) in [6, 6.07) is 8.74. The van der Waals surface area contributed by atoms with Crippen LogP contribution in [0.4, 0.5) is 5.69 Å². The number of nitrogens with zero attached hydrogens (tertiary/aromatic N) is 2. The molecule has 0 unspecified atom stereocenters. The lowest BCUT2D eigenvalue weighted by Gasteiger charge is -2.28. The Hall–Kier alpha value is -1.75. The van der Waals surface area contributed by atoms with Gasteiger partial charge >= 0.3 is 0 Å². The summed E-state index contributed by atoms with van der Waals surface area (Å²) in [5.74, 6) is 1.57. The van der Waals surface area contributed by atoms with Crippen LogP contribution < -0.4 is 15.5 Å². The minimum atomic E-state index is 0.702. The molecule has 0 aliphatic carbocycles. The number of nitrogens with one attached hydrogen (secondary N) is 2. The molecule has 0 bridgehead atoms. The van der Waals surface area contributed by atoms with Crippen molar-refractivity contribution in [1.82, 2.24) is 10.6 Å². The van der Waals surface area contributed by atoms with Crippen LogP contribution >= 0.6 is 0 Å². The van der Waals surface area contributed by atoms with Gasteiger partial charge in [0.15, 0.2) is 5.96 Å². The number of anilines is 1. The van der Waals surface area contributed by atoms with Crippen molar-refractivity contribution in [2.45, 2.75) is 26.8 Å². The molecule has 1 aromatic carbocycles. The van der Waals surface area contributed by atoms with Crippen molar-refractivity contribution in [2.75, 3.05) is 44.8 Å². The number of aliphatic imine (C=N–C) groups is 1. The predicted molar refractivity (Wildman–Crippen MR) is 97.1 cm³/mol. The Labute approximate surface area is 140 Å². The summed E-state index contributed by atoms with van der Waals surface area (Å²) in [6.45, 7) is 9.79. The van der Waals surface area contributed by atoms with Crippen molar-refractivity contribution in [2.24, 2.45) is 10.9 Å². The van der Waals surface area contributed by atoms with Gasteiger partial charge in [-0.15, -0.1) is 0 Å². The van der Waals surface area contributed by atoms with E-state index in [4.69, 9.17) is 4.74 Å². The predicted octanol–water partition coefficient (Wildman–Crippen LogP) is 2.23. The molecule has 1 aromatic rings. The summed E-state index contributed by atoms with van der Waals surface area (Å²) in [4.78, 5) is 6.63. The second kappa shape index (κ2) is 9.40. The lowest BCUT2D eigenvalue weighted by atomic mass is 10.1. The molecule has 2 rings (SSSR count). The fourth-order valence-corrected chi connectivity index (χ4v) is 2.53. The van der Waals surface area contributed by atoms with Crippen LogP contribution in [0.15, 0.2) is 29.3 Å². The van der Waals surface area contributed by atoms with Gasteiger partial charge in [0.25, 0.3) is 0 Å². The van der Waals surface area contributed by atoms with Gasteiger partial charge in [0.1, 0.15) is 0 Å². The maximum Gasteiger partial charge on any atom is 0.191 e. The van der Waals surface area contributed by atoms with Gasteiger partial charge in [0, 0.05) is 38.9 Å². The molecule has 1 fully saturated rings. The first-order valence-electron chi connectivity index (χ1n) is 8.55. The van der Waals surface area contributed by atoms with Gasteiger partial charge in [0.2, 0.25) is 0 Å². The second-order valence-corrected chi connectivity index (χ2v) is 6.30. The third kappa shape index (κ3) is 6.10. The average Bonchev–Trinajstić information content (AvgIpc) is 2.59. The minimum Gasteiger partial charge on any atom is -0.378 e. The number of ether oxygens (including phenoxy) is 1. The molecule has 0 aromatic heterocycles. The van der Waals surface area contributed by atoms with Crippen molar-refractivity contribution < 1.29 is 4.74 Å². The normalized spacial score (nSPS) is 15.8. The minimum absolute atomic E-state index is 0.702. The van der Waals surface area contributed by atoms with Crippen molar-refractivity contribution in [3.8, 4) is 0 Å². The van der Waals surface area contributed by atoms with Crippen molar-refractivity contribution in [1.29, 1.82) is 0 Å². The van der Waals surface area contributed by atoms with Crippen LogP contribution in [-0.4, -0.2) is 45.9 Å². The van der Waals surface area contributed by atoms with Gasteiger partial charge in [-0.2, -0.15) is 0 Å². The van der Waals surface area contributed by atoms with Gasteiger partial charge in [-0.05, 0) is 30.0 Å². The molecule has 0 amide bonds. The molecule has 0 atom stereocenters. The Kier molecular flexibility index (Phi) is 7.20. The Morgan fingerprint density at radius 2 is 1.87 bits per heavy atom. The van der Waals surface area contributed by atoms with E-state index >= 15 is 0 Å². The zero-order chi connectivity index (χ0) is 16.5. The molecule has 0 spiro atoms.